The topological polar surface area (TPSA) is 72.2 Å². The summed E-state index contributed by atoms with van der Waals surface area (Å²) in [5.41, 5.74) is 4.83. The molecule has 2 aromatic carbocycles. The minimum Gasteiger partial charge on any atom is -0.326 e. The van der Waals surface area contributed by atoms with Crippen LogP contribution >= 0.6 is 0 Å². The number of hydrogen-bond acceptors (Lipinski definition) is 3. The van der Waals surface area contributed by atoms with Crippen LogP contribution in [-0.2, 0) is 16.6 Å². The fourth-order valence-corrected chi connectivity index (χ4v) is 3.11. The lowest BCUT2D eigenvalue weighted by Gasteiger charge is -2.12. The van der Waals surface area contributed by atoms with Crippen molar-refractivity contribution in [2.75, 3.05) is 4.72 Å². The van der Waals surface area contributed by atoms with Gasteiger partial charge in [0.15, 0.2) is 0 Å². The van der Waals surface area contributed by atoms with Crippen molar-refractivity contribution in [1.29, 1.82) is 0 Å². The van der Waals surface area contributed by atoms with E-state index in [0.29, 0.717) is 6.07 Å². The SMILES string of the molecule is NCc1c(F)cccc1S(=O)(=O)Nc1cc(F)cc(F)c1. The van der Waals surface area contributed by atoms with Crippen LogP contribution in [0.3, 0.4) is 0 Å². The van der Waals surface area contributed by atoms with Crippen LogP contribution in [0.25, 0.3) is 0 Å². The molecule has 0 atom stereocenters. The van der Waals surface area contributed by atoms with E-state index in [4.69, 9.17) is 5.73 Å². The molecule has 0 aromatic heterocycles. The number of hydrogen-bond donors (Lipinski definition) is 2. The Hall–Kier alpha value is -2.06. The number of rotatable bonds is 4. The van der Waals surface area contributed by atoms with E-state index in [-0.39, 0.29) is 22.7 Å². The Morgan fingerprint density at radius 1 is 1.05 bits per heavy atom. The molecule has 0 aliphatic carbocycles. The third kappa shape index (κ3) is 3.34. The molecule has 8 heteroatoms. The molecule has 0 saturated carbocycles. The molecule has 0 fully saturated rings. The maximum Gasteiger partial charge on any atom is 0.262 e. The molecule has 0 bridgehead atoms. The van der Waals surface area contributed by atoms with E-state index in [0.717, 1.165) is 24.3 Å². The van der Waals surface area contributed by atoms with Crippen LogP contribution in [0.5, 0.6) is 0 Å². The second kappa shape index (κ2) is 5.74. The molecule has 112 valence electrons. The lowest BCUT2D eigenvalue weighted by molar-refractivity contribution is 0.582. The first-order valence-electron chi connectivity index (χ1n) is 5.80. The van der Waals surface area contributed by atoms with Gasteiger partial charge in [-0.15, -0.1) is 0 Å². The highest BCUT2D eigenvalue weighted by Crippen LogP contribution is 2.22. The zero-order chi connectivity index (χ0) is 15.6. The lowest BCUT2D eigenvalue weighted by Crippen LogP contribution is -2.17. The van der Waals surface area contributed by atoms with Crippen LogP contribution < -0.4 is 10.5 Å². The van der Waals surface area contributed by atoms with Gasteiger partial charge in [0.05, 0.1) is 10.6 Å². The van der Waals surface area contributed by atoms with Crippen molar-refractivity contribution in [2.45, 2.75) is 11.4 Å². The lowest BCUT2D eigenvalue weighted by atomic mass is 10.2. The second-order valence-electron chi connectivity index (χ2n) is 4.18. The fraction of sp³-hybridized carbons (Fsp3) is 0.0769. The number of halogens is 3. The van der Waals surface area contributed by atoms with E-state index in [9.17, 15) is 21.6 Å². The third-order valence-electron chi connectivity index (χ3n) is 2.68. The van der Waals surface area contributed by atoms with Gasteiger partial charge in [-0.1, -0.05) is 6.07 Å². The van der Waals surface area contributed by atoms with Gasteiger partial charge < -0.3 is 5.73 Å². The normalized spacial score (nSPS) is 11.4. The van der Waals surface area contributed by atoms with Crippen molar-refractivity contribution in [3.8, 4) is 0 Å². The Balaban J connectivity index is 2.46. The van der Waals surface area contributed by atoms with E-state index in [1.165, 1.54) is 6.07 Å². The summed E-state index contributed by atoms with van der Waals surface area (Å²) in [5, 5.41) is 0. The Kier molecular flexibility index (Phi) is 4.19. The van der Waals surface area contributed by atoms with Gasteiger partial charge in [0.25, 0.3) is 10.0 Å². The van der Waals surface area contributed by atoms with Crippen LogP contribution in [-0.4, -0.2) is 8.42 Å². The summed E-state index contributed by atoms with van der Waals surface area (Å²) in [6.45, 7) is -0.333. The number of sulfonamides is 1. The summed E-state index contributed by atoms with van der Waals surface area (Å²) < 4.78 is 66.0. The summed E-state index contributed by atoms with van der Waals surface area (Å²) in [4.78, 5) is -0.380. The zero-order valence-electron chi connectivity index (χ0n) is 10.6. The summed E-state index contributed by atoms with van der Waals surface area (Å²) in [6.07, 6.45) is 0. The zero-order valence-corrected chi connectivity index (χ0v) is 11.4. The molecule has 0 heterocycles. The van der Waals surface area contributed by atoms with E-state index >= 15 is 0 Å². The highest BCUT2D eigenvalue weighted by atomic mass is 32.2. The maximum atomic E-state index is 13.6. The van der Waals surface area contributed by atoms with E-state index < -0.39 is 27.5 Å². The molecular formula is C13H11F3N2O2S. The second-order valence-corrected chi connectivity index (χ2v) is 5.84. The first-order valence-corrected chi connectivity index (χ1v) is 7.28. The van der Waals surface area contributed by atoms with Crippen molar-refractivity contribution in [2.24, 2.45) is 5.73 Å². The van der Waals surface area contributed by atoms with Gasteiger partial charge in [-0.05, 0) is 24.3 Å². The van der Waals surface area contributed by atoms with Gasteiger partial charge in [0, 0.05) is 18.2 Å². The van der Waals surface area contributed by atoms with E-state index in [1.54, 1.807) is 0 Å². The van der Waals surface area contributed by atoms with E-state index in [2.05, 4.69) is 0 Å². The summed E-state index contributed by atoms with van der Waals surface area (Å²) >= 11 is 0. The highest BCUT2D eigenvalue weighted by molar-refractivity contribution is 7.92. The largest absolute Gasteiger partial charge is 0.326 e. The summed E-state index contributed by atoms with van der Waals surface area (Å²) in [6, 6.07) is 5.65. The molecular weight excluding hydrogens is 305 g/mol. The molecule has 2 aromatic rings. The highest BCUT2D eigenvalue weighted by Gasteiger charge is 2.20. The molecule has 0 spiro atoms. The Labute approximate surface area is 119 Å². The summed E-state index contributed by atoms with van der Waals surface area (Å²) in [5.74, 6) is -2.65. The monoisotopic (exact) mass is 316 g/mol. The van der Waals surface area contributed by atoms with Crippen LogP contribution in [0, 0.1) is 17.5 Å². The first kappa shape index (κ1) is 15.3. The van der Waals surface area contributed by atoms with Crippen molar-refractivity contribution in [3.63, 3.8) is 0 Å². The van der Waals surface area contributed by atoms with E-state index in [1.807, 2.05) is 4.72 Å². The molecule has 21 heavy (non-hydrogen) atoms. The van der Waals surface area contributed by atoms with Crippen molar-refractivity contribution < 1.29 is 21.6 Å². The number of anilines is 1. The number of nitrogens with one attached hydrogen (secondary N) is 1. The smallest absolute Gasteiger partial charge is 0.262 e. The standard InChI is InChI=1S/C13H11F3N2O2S/c14-8-4-9(15)6-10(5-8)18-21(19,20)13-3-1-2-12(16)11(13)7-17/h1-6,18H,7,17H2. The van der Waals surface area contributed by atoms with Crippen molar-refractivity contribution in [3.05, 3.63) is 59.4 Å². The quantitative estimate of drug-likeness (QED) is 0.909. The molecule has 0 saturated heterocycles. The van der Waals surface area contributed by atoms with Gasteiger partial charge in [-0.3, -0.25) is 4.72 Å². The van der Waals surface area contributed by atoms with Gasteiger partial charge in [-0.25, -0.2) is 21.6 Å². The molecule has 2 rings (SSSR count). The van der Waals surface area contributed by atoms with Crippen LogP contribution in [0.2, 0.25) is 0 Å². The fourth-order valence-electron chi connectivity index (χ4n) is 1.81. The minimum atomic E-state index is -4.22. The van der Waals surface area contributed by atoms with Crippen LogP contribution in [0.1, 0.15) is 5.56 Å². The third-order valence-corrected chi connectivity index (χ3v) is 4.15. The molecule has 0 aliphatic heterocycles. The maximum absolute atomic E-state index is 13.6. The predicted octanol–water partition coefficient (Wildman–Crippen LogP) is 2.36. The van der Waals surface area contributed by atoms with Crippen LogP contribution in [0.15, 0.2) is 41.3 Å². The molecule has 0 aliphatic rings. The average molecular weight is 316 g/mol. The van der Waals surface area contributed by atoms with Crippen molar-refractivity contribution >= 4 is 15.7 Å². The van der Waals surface area contributed by atoms with Gasteiger partial charge in [0.2, 0.25) is 0 Å². The molecule has 0 radical (unpaired) electrons. The Morgan fingerprint density at radius 2 is 1.67 bits per heavy atom. The minimum absolute atomic E-state index is 0.207. The van der Waals surface area contributed by atoms with Crippen molar-refractivity contribution in [1.82, 2.24) is 0 Å². The van der Waals surface area contributed by atoms with Gasteiger partial charge in [0.1, 0.15) is 17.5 Å². The molecule has 0 amide bonds. The Bertz CT molecular complexity index is 759. The summed E-state index contributed by atoms with van der Waals surface area (Å²) in [7, 11) is -4.22. The first-order chi connectivity index (χ1) is 9.83. The van der Waals surface area contributed by atoms with Gasteiger partial charge >= 0.3 is 0 Å². The molecule has 3 N–H and O–H groups in total. The number of nitrogens with two attached hydrogens (primary N) is 1. The van der Waals surface area contributed by atoms with Crippen LogP contribution in [0.4, 0.5) is 18.9 Å². The predicted molar refractivity (Wildman–Crippen MR) is 71.5 cm³/mol. The average Bonchev–Trinajstić information content (AvgIpc) is 2.36. The Morgan fingerprint density at radius 3 is 2.24 bits per heavy atom. The van der Waals surface area contributed by atoms with Gasteiger partial charge in [-0.2, -0.15) is 0 Å². The molecule has 0 unspecified atom stereocenters. The number of benzene rings is 2. The molecule has 4 nitrogen and oxygen atoms in total.